The first-order chi connectivity index (χ1) is 15.0. The van der Waals surface area contributed by atoms with Gasteiger partial charge in [-0.3, -0.25) is 4.79 Å². The van der Waals surface area contributed by atoms with Gasteiger partial charge < -0.3 is 9.32 Å². The van der Waals surface area contributed by atoms with Crippen LogP contribution in [0.5, 0.6) is 0 Å². The zero-order valence-electron chi connectivity index (χ0n) is 17.0. The lowest BCUT2D eigenvalue weighted by Crippen LogP contribution is -2.50. The summed E-state index contributed by atoms with van der Waals surface area (Å²) in [4.78, 5) is 18.8. The van der Waals surface area contributed by atoms with Gasteiger partial charge in [-0.05, 0) is 54.7 Å². The molecule has 1 amide bonds. The Hall–Kier alpha value is -2.97. The van der Waals surface area contributed by atoms with Crippen LogP contribution in [0, 0.1) is 0 Å². The number of rotatable bonds is 4. The molecular formula is C23H23N3O4S. The first kappa shape index (κ1) is 20.0. The van der Waals surface area contributed by atoms with E-state index in [4.69, 9.17) is 4.42 Å². The van der Waals surface area contributed by atoms with Crippen molar-refractivity contribution < 1.29 is 17.6 Å². The molecule has 2 aromatic carbocycles. The minimum atomic E-state index is -3.55. The molecule has 160 valence electrons. The number of fused-ring (bicyclic) bond motifs is 1. The maximum absolute atomic E-state index is 13.1. The third-order valence-electron chi connectivity index (χ3n) is 6.08. The minimum Gasteiger partial charge on any atom is -0.444 e. The maximum atomic E-state index is 13.1. The highest BCUT2D eigenvalue weighted by molar-refractivity contribution is 7.89. The van der Waals surface area contributed by atoms with Gasteiger partial charge in [-0.15, -0.1) is 0 Å². The number of amides is 1. The summed E-state index contributed by atoms with van der Waals surface area (Å²) >= 11 is 0. The first-order valence-electron chi connectivity index (χ1n) is 10.4. The molecule has 1 saturated heterocycles. The van der Waals surface area contributed by atoms with Crippen molar-refractivity contribution in [2.75, 3.05) is 26.2 Å². The Morgan fingerprint density at radius 1 is 0.935 bits per heavy atom. The van der Waals surface area contributed by atoms with Crippen LogP contribution in [0.2, 0.25) is 0 Å². The molecule has 0 unspecified atom stereocenters. The Morgan fingerprint density at radius 3 is 2.39 bits per heavy atom. The van der Waals surface area contributed by atoms with Crippen molar-refractivity contribution in [3.63, 3.8) is 0 Å². The van der Waals surface area contributed by atoms with Crippen LogP contribution in [0.3, 0.4) is 0 Å². The number of sulfonamides is 1. The summed E-state index contributed by atoms with van der Waals surface area (Å²) in [6.45, 7) is 1.32. The highest BCUT2D eigenvalue weighted by atomic mass is 32.2. The molecule has 5 rings (SSSR count). The van der Waals surface area contributed by atoms with E-state index in [0.29, 0.717) is 42.4 Å². The van der Waals surface area contributed by atoms with Gasteiger partial charge in [-0.1, -0.05) is 18.2 Å². The van der Waals surface area contributed by atoms with Crippen LogP contribution in [-0.4, -0.2) is 54.7 Å². The van der Waals surface area contributed by atoms with Crippen molar-refractivity contribution in [3.05, 3.63) is 71.7 Å². The number of hydrogen-bond donors (Lipinski definition) is 0. The number of hydrogen-bond acceptors (Lipinski definition) is 5. The summed E-state index contributed by atoms with van der Waals surface area (Å²) in [6, 6.07) is 12.6. The van der Waals surface area contributed by atoms with Gasteiger partial charge in [0.15, 0.2) is 12.2 Å². The van der Waals surface area contributed by atoms with Gasteiger partial charge in [0.2, 0.25) is 10.0 Å². The number of carbonyl (C=O) groups is 1. The maximum Gasteiger partial charge on any atom is 0.253 e. The molecule has 0 saturated carbocycles. The molecule has 2 aliphatic rings. The van der Waals surface area contributed by atoms with Crippen LogP contribution in [0.15, 0.2) is 64.4 Å². The van der Waals surface area contributed by atoms with Crippen LogP contribution in [-0.2, 0) is 22.9 Å². The quantitative estimate of drug-likeness (QED) is 0.627. The fraction of sp³-hybridized carbons (Fsp3) is 0.304. The van der Waals surface area contributed by atoms with Crippen molar-refractivity contribution in [1.29, 1.82) is 0 Å². The summed E-state index contributed by atoms with van der Waals surface area (Å²) in [5, 5.41) is 0. The van der Waals surface area contributed by atoms with E-state index in [1.807, 2.05) is 24.3 Å². The largest absolute Gasteiger partial charge is 0.444 e. The Kier molecular flexibility index (Phi) is 5.11. The number of piperazine rings is 1. The smallest absolute Gasteiger partial charge is 0.253 e. The second-order valence-electron chi connectivity index (χ2n) is 7.92. The molecule has 1 aliphatic carbocycles. The van der Waals surface area contributed by atoms with E-state index in [0.717, 1.165) is 30.4 Å². The van der Waals surface area contributed by atoms with Gasteiger partial charge in [-0.2, -0.15) is 4.31 Å². The van der Waals surface area contributed by atoms with E-state index in [1.165, 1.54) is 16.3 Å². The molecular weight excluding hydrogens is 414 g/mol. The zero-order chi connectivity index (χ0) is 21.4. The Balaban J connectivity index is 1.25. The lowest BCUT2D eigenvalue weighted by Gasteiger charge is -2.34. The summed E-state index contributed by atoms with van der Waals surface area (Å²) in [7, 11) is -3.55. The summed E-state index contributed by atoms with van der Waals surface area (Å²) < 4.78 is 32.9. The average Bonchev–Trinajstić information content (AvgIpc) is 3.50. The fourth-order valence-electron chi connectivity index (χ4n) is 4.31. The number of benzene rings is 2. The lowest BCUT2D eigenvalue weighted by molar-refractivity contribution is 0.0698. The van der Waals surface area contributed by atoms with E-state index in [1.54, 1.807) is 29.3 Å². The monoisotopic (exact) mass is 437 g/mol. The zero-order valence-corrected chi connectivity index (χ0v) is 17.8. The van der Waals surface area contributed by atoms with E-state index in [2.05, 4.69) is 4.98 Å². The molecule has 2 heterocycles. The minimum absolute atomic E-state index is 0.0984. The van der Waals surface area contributed by atoms with Crippen molar-refractivity contribution in [2.24, 2.45) is 0 Å². The predicted molar refractivity (Wildman–Crippen MR) is 115 cm³/mol. The number of aryl methyl sites for hydroxylation is 2. The third kappa shape index (κ3) is 3.77. The molecule has 0 N–H and O–H groups in total. The summed E-state index contributed by atoms with van der Waals surface area (Å²) in [6.07, 6.45) is 6.03. The number of nitrogens with zero attached hydrogens (tertiary/aromatic N) is 3. The second-order valence-corrected chi connectivity index (χ2v) is 9.86. The number of oxazole rings is 1. The van der Waals surface area contributed by atoms with Crippen LogP contribution in [0.1, 0.15) is 27.9 Å². The molecule has 0 spiro atoms. The molecule has 7 nitrogen and oxygen atoms in total. The van der Waals surface area contributed by atoms with Crippen molar-refractivity contribution >= 4 is 15.9 Å². The van der Waals surface area contributed by atoms with Crippen LogP contribution in [0.25, 0.3) is 11.3 Å². The molecule has 0 atom stereocenters. The standard InChI is InChI=1S/C23H23N3O4S/c27-23(19-6-4-18(5-7-19)22-15-24-16-30-22)25-10-12-26(13-11-25)31(28,29)21-9-8-17-2-1-3-20(17)14-21/h4-9,14-16H,1-3,10-13H2. The molecule has 1 fully saturated rings. The highest BCUT2D eigenvalue weighted by Gasteiger charge is 2.31. The first-order valence-corrected chi connectivity index (χ1v) is 11.9. The third-order valence-corrected chi connectivity index (χ3v) is 7.98. The predicted octanol–water partition coefficient (Wildman–Crippen LogP) is 2.98. The van der Waals surface area contributed by atoms with E-state index in [9.17, 15) is 13.2 Å². The average molecular weight is 438 g/mol. The molecule has 3 aromatic rings. The highest BCUT2D eigenvalue weighted by Crippen LogP contribution is 2.27. The van der Waals surface area contributed by atoms with Gasteiger partial charge in [-0.25, -0.2) is 13.4 Å². The van der Waals surface area contributed by atoms with E-state index in [-0.39, 0.29) is 5.91 Å². The number of carbonyl (C=O) groups excluding carboxylic acids is 1. The van der Waals surface area contributed by atoms with Crippen LogP contribution >= 0.6 is 0 Å². The number of aromatic nitrogens is 1. The Morgan fingerprint density at radius 2 is 1.68 bits per heavy atom. The lowest BCUT2D eigenvalue weighted by atomic mass is 10.1. The van der Waals surface area contributed by atoms with Crippen molar-refractivity contribution in [3.8, 4) is 11.3 Å². The fourth-order valence-corrected chi connectivity index (χ4v) is 5.78. The molecule has 31 heavy (non-hydrogen) atoms. The Labute approximate surface area is 181 Å². The normalized spacial score (nSPS) is 17.0. The molecule has 0 bridgehead atoms. The summed E-state index contributed by atoms with van der Waals surface area (Å²) in [5.74, 6) is 0.545. The van der Waals surface area contributed by atoms with Gasteiger partial charge in [0, 0.05) is 37.3 Å². The molecule has 8 heteroatoms. The van der Waals surface area contributed by atoms with Crippen LogP contribution < -0.4 is 0 Å². The molecule has 1 aromatic heterocycles. The summed E-state index contributed by atoms with van der Waals surface area (Å²) in [5.41, 5.74) is 3.81. The van der Waals surface area contributed by atoms with E-state index < -0.39 is 10.0 Å². The second kappa shape index (κ2) is 7.94. The van der Waals surface area contributed by atoms with E-state index >= 15 is 0 Å². The van der Waals surface area contributed by atoms with Gasteiger partial charge in [0.05, 0.1) is 11.1 Å². The molecule has 1 aliphatic heterocycles. The van der Waals surface area contributed by atoms with Crippen molar-refractivity contribution in [2.45, 2.75) is 24.2 Å². The van der Waals surface area contributed by atoms with Gasteiger partial charge in [0.1, 0.15) is 0 Å². The molecule has 0 radical (unpaired) electrons. The van der Waals surface area contributed by atoms with Gasteiger partial charge in [0.25, 0.3) is 5.91 Å². The van der Waals surface area contributed by atoms with Crippen molar-refractivity contribution in [1.82, 2.24) is 14.2 Å². The van der Waals surface area contributed by atoms with Gasteiger partial charge >= 0.3 is 0 Å². The SMILES string of the molecule is O=C(c1ccc(-c2cnco2)cc1)N1CCN(S(=O)(=O)c2ccc3c(c2)CCC3)CC1. The topological polar surface area (TPSA) is 83.7 Å². The Bertz CT molecular complexity index is 1200. The van der Waals surface area contributed by atoms with Crippen LogP contribution in [0.4, 0.5) is 0 Å².